The average molecular weight is 302 g/mol. The van der Waals surface area contributed by atoms with Crippen molar-refractivity contribution in [2.45, 2.75) is 31.4 Å². The Morgan fingerprint density at radius 1 is 1.35 bits per heavy atom. The molecule has 0 bridgehead atoms. The predicted molar refractivity (Wildman–Crippen MR) is 75.9 cm³/mol. The zero-order valence-corrected chi connectivity index (χ0v) is 12.4. The second kappa shape index (κ2) is 7.27. The normalized spacial score (nSPS) is 19.8. The van der Waals surface area contributed by atoms with Gasteiger partial charge in [-0.15, -0.1) is 0 Å². The third-order valence-electron chi connectivity index (χ3n) is 3.74. The lowest BCUT2D eigenvalue weighted by atomic mass is 10.0. The first-order chi connectivity index (χ1) is 9.61. The van der Waals surface area contributed by atoms with E-state index in [1.165, 1.54) is 12.1 Å². The van der Waals surface area contributed by atoms with Crippen LogP contribution in [-0.2, 0) is 15.5 Å². The number of ether oxygens (including phenoxy) is 1. The van der Waals surface area contributed by atoms with Gasteiger partial charge in [0.15, 0.2) is 0 Å². The molecule has 0 radical (unpaired) electrons. The molecule has 0 aromatic heterocycles. The van der Waals surface area contributed by atoms with Crippen LogP contribution in [0.4, 0.5) is 8.78 Å². The van der Waals surface area contributed by atoms with E-state index in [0.29, 0.717) is 36.9 Å². The van der Waals surface area contributed by atoms with E-state index in [-0.39, 0.29) is 5.25 Å². The molecule has 2 atom stereocenters. The standard InChI is InChI=1S/C15H20F2O2S/c1-2-15(13-4-3-12(16)9-14(13)17)20(18)10-11-5-7-19-8-6-11/h3-4,9,11,15H,2,5-8,10H2,1H3. The van der Waals surface area contributed by atoms with Crippen molar-refractivity contribution in [1.82, 2.24) is 0 Å². The second-order valence-corrected chi connectivity index (χ2v) is 6.83. The van der Waals surface area contributed by atoms with Crippen LogP contribution in [-0.4, -0.2) is 23.2 Å². The molecule has 5 heteroatoms. The molecule has 2 unspecified atom stereocenters. The van der Waals surface area contributed by atoms with Crippen LogP contribution in [0.2, 0.25) is 0 Å². The van der Waals surface area contributed by atoms with Crippen molar-refractivity contribution in [2.75, 3.05) is 19.0 Å². The molecule has 0 amide bonds. The zero-order chi connectivity index (χ0) is 14.5. The Labute approximate surface area is 121 Å². The third-order valence-corrected chi connectivity index (χ3v) is 5.76. The minimum absolute atomic E-state index is 0.360. The monoisotopic (exact) mass is 302 g/mol. The van der Waals surface area contributed by atoms with Gasteiger partial charge in [-0.2, -0.15) is 0 Å². The summed E-state index contributed by atoms with van der Waals surface area (Å²) in [5.41, 5.74) is 0.360. The number of hydrogen-bond acceptors (Lipinski definition) is 2. The van der Waals surface area contributed by atoms with Crippen molar-refractivity contribution in [1.29, 1.82) is 0 Å². The van der Waals surface area contributed by atoms with Crippen LogP contribution < -0.4 is 0 Å². The topological polar surface area (TPSA) is 26.3 Å². The molecule has 20 heavy (non-hydrogen) atoms. The maximum atomic E-state index is 13.8. The summed E-state index contributed by atoms with van der Waals surface area (Å²) in [5.74, 6) is -0.255. The number of hydrogen-bond donors (Lipinski definition) is 0. The van der Waals surface area contributed by atoms with Gasteiger partial charge in [-0.05, 0) is 31.2 Å². The Morgan fingerprint density at radius 2 is 2.05 bits per heavy atom. The lowest BCUT2D eigenvalue weighted by Gasteiger charge is -2.24. The Balaban J connectivity index is 2.08. The van der Waals surface area contributed by atoms with Gasteiger partial charge in [-0.1, -0.05) is 13.0 Å². The largest absolute Gasteiger partial charge is 0.381 e. The molecule has 2 rings (SSSR count). The molecule has 0 saturated carbocycles. The highest BCUT2D eigenvalue weighted by atomic mass is 32.2. The van der Waals surface area contributed by atoms with Crippen molar-refractivity contribution < 1.29 is 17.7 Å². The van der Waals surface area contributed by atoms with E-state index in [0.717, 1.165) is 18.9 Å². The summed E-state index contributed by atoms with van der Waals surface area (Å²) in [7, 11) is -1.14. The molecule has 1 aromatic carbocycles. The third kappa shape index (κ3) is 3.85. The van der Waals surface area contributed by atoms with Crippen molar-refractivity contribution >= 4 is 10.8 Å². The summed E-state index contributed by atoms with van der Waals surface area (Å²) in [5, 5.41) is -0.363. The van der Waals surface area contributed by atoms with Crippen LogP contribution in [0.25, 0.3) is 0 Å². The summed E-state index contributed by atoms with van der Waals surface area (Å²) < 4.78 is 44.6. The number of benzene rings is 1. The quantitative estimate of drug-likeness (QED) is 0.831. The number of rotatable bonds is 5. The fourth-order valence-electron chi connectivity index (χ4n) is 2.57. The fraction of sp³-hybridized carbons (Fsp3) is 0.600. The molecular weight excluding hydrogens is 282 g/mol. The zero-order valence-electron chi connectivity index (χ0n) is 11.6. The van der Waals surface area contributed by atoms with E-state index in [1.807, 2.05) is 6.92 Å². The second-order valence-electron chi connectivity index (χ2n) is 5.17. The molecule has 1 fully saturated rings. The van der Waals surface area contributed by atoms with Crippen LogP contribution in [0.5, 0.6) is 0 Å². The Morgan fingerprint density at radius 3 is 2.65 bits per heavy atom. The van der Waals surface area contributed by atoms with Gasteiger partial charge >= 0.3 is 0 Å². The minimum atomic E-state index is -1.14. The van der Waals surface area contributed by atoms with Crippen LogP contribution in [0.15, 0.2) is 18.2 Å². The summed E-state index contributed by atoms with van der Waals surface area (Å²) >= 11 is 0. The Bertz CT molecular complexity index is 473. The van der Waals surface area contributed by atoms with Crippen molar-refractivity contribution in [2.24, 2.45) is 5.92 Å². The Kier molecular flexibility index (Phi) is 5.66. The van der Waals surface area contributed by atoms with Crippen molar-refractivity contribution in [3.63, 3.8) is 0 Å². The van der Waals surface area contributed by atoms with Crippen molar-refractivity contribution in [3.05, 3.63) is 35.4 Å². The first-order valence-electron chi connectivity index (χ1n) is 7.01. The molecule has 1 aliphatic heterocycles. The molecule has 1 aliphatic rings. The van der Waals surface area contributed by atoms with E-state index >= 15 is 0 Å². The molecule has 1 saturated heterocycles. The highest BCUT2D eigenvalue weighted by molar-refractivity contribution is 7.85. The molecule has 2 nitrogen and oxygen atoms in total. The van der Waals surface area contributed by atoms with Gasteiger partial charge in [0.05, 0.1) is 5.25 Å². The van der Waals surface area contributed by atoms with E-state index < -0.39 is 22.4 Å². The van der Waals surface area contributed by atoms with Crippen molar-refractivity contribution in [3.8, 4) is 0 Å². The molecular formula is C15H20F2O2S. The fourth-order valence-corrected chi connectivity index (χ4v) is 4.45. The maximum absolute atomic E-state index is 13.8. The van der Waals surface area contributed by atoms with Gasteiger partial charge < -0.3 is 4.74 Å². The first kappa shape index (κ1) is 15.6. The van der Waals surface area contributed by atoms with Crippen LogP contribution in [0, 0.1) is 17.6 Å². The molecule has 1 aromatic rings. The van der Waals surface area contributed by atoms with Gasteiger partial charge in [0.2, 0.25) is 0 Å². The van der Waals surface area contributed by atoms with Gasteiger partial charge in [-0.25, -0.2) is 8.78 Å². The minimum Gasteiger partial charge on any atom is -0.381 e. The van der Waals surface area contributed by atoms with Crippen LogP contribution in [0.3, 0.4) is 0 Å². The summed E-state index contributed by atoms with van der Waals surface area (Å²) in [6.45, 7) is 3.31. The highest BCUT2D eigenvalue weighted by Crippen LogP contribution is 2.29. The molecule has 0 spiro atoms. The molecule has 1 heterocycles. The molecule has 0 aliphatic carbocycles. The lowest BCUT2D eigenvalue weighted by molar-refractivity contribution is 0.0725. The lowest BCUT2D eigenvalue weighted by Crippen LogP contribution is -2.23. The molecule has 112 valence electrons. The number of halogens is 2. The summed E-state index contributed by atoms with van der Waals surface area (Å²) in [4.78, 5) is 0. The first-order valence-corrected chi connectivity index (χ1v) is 8.40. The van der Waals surface area contributed by atoms with Gasteiger partial charge in [0, 0.05) is 41.4 Å². The van der Waals surface area contributed by atoms with E-state index in [2.05, 4.69) is 0 Å². The Hall–Kier alpha value is -0.810. The maximum Gasteiger partial charge on any atom is 0.130 e. The van der Waals surface area contributed by atoms with Gasteiger partial charge in [-0.3, -0.25) is 4.21 Å². The van der Waals surface area contributed by atoms with E-state index in [1.54, 1.807) is 0 Å². The highest BCUT2D eigenvalue weighted by Gasteiger charge is 2.24. The molecule has 0 N–H and O–H groups in total. The summed E-state index contributed by atoms with van der Waals surface area (Å²) in [6.07, 6.45) is 2.40. The van der Waals surface area contributed by atoms with Crippen LogP contribution in [0.1, 0.15) is 37.0 Å². The van der Waals surface area contributed by atoms with Gasteiger partial charge in [0.1, 0.15) is 11.6 Å². The smallest absolute Gasteiger partial charge is 0.130 e. The van der Waals surface area contributed by atoms with Crippen LogP contribution >= 0.6 is 0 Å². The predicted octanol–water partition coefficient (Wildman–Crippen LogP) is 3.59. The SMILES string of the molecule is CCC(c1ccc(F)cc1F)S(=O)CC1CCOCC1. The average Bonchev–Trinajstić information content (AvgIpc) is 2.43. The summed E-state index contributed by atoms with van der Waals surface area (Å²) in [6, 6.07) is 3.51. The van der Waals surface area contributed by atoms with Gasteiger partial charge in [0.25, 0.3) is 0 Å². The van der Waals surface area contributed by atoms with E-state index in [4.69, 9.17) is 4.74 Å². The van der Waals surface area contributed by atoms with E-state index in [9.17, 15) is 13.0 Å².